The Balaban J connectivity index is 3.05. The van der Waals surface area contributed by atoms with Crippen LogP contribution in [0, 0.1) is 0 Å². The summed E-state index contributed by atoms with van der Waals surface area (Å²) < 4.78 is 0. The molecule has 0 aliphatic rings. The van der Waals surface area contributed by atoms with E-state index in [1.54, 1.807) is 0 Å². The lowest BCUT2D eigenvalue weighted by Crippen LogP contribution is -2.11. The molecule has 0 bridgehead atoms. The van der Waals surface area contributed by atoms with Crippen LogP contribution in [0.4, 0.5) is 0 Å². The van der Waals surface area contributed by atoms with E-state index in [9.17, 15) is 0 Å². The fourth-order valence-electron chi connectivity index (χ4n) is 6.73. The lowest BCUT2D eigenvalue weighted by Gasteiger charge is -2.09. The fourth-order valence-corrected chi connectivity index (χ4v) is 8.41. The molecule has 0 saturated heterocycles. The van der Waals surface area contributed by atoms with Gasteiger partial charge in [0, 0.05) is 6.61 Å². The Morgan fingerprint density at radius 3 is 0.545 bits per heavy atom. The second kappa shape index (κ2) is 38.2. The van der Waals surface area contributed by atoms with Crippen molar-refractivity contribution in [2.24, 2.45) is 0 Å². The lowest BCUT2D eigenvalue weighted by molar-refractivity contribution is 0.282. The van der Waals surface area contributed by atoms with E-state index in [-0.39, 0.29) is 0 Å². The third kappa shape index (κ3) is 42.8. The smallest absolute Gasteiger partial charge is 0.248 e. The maximum absolute atomic E-state index is 8.80. The zero-order valence-corrected chi connectivity index (χ0v) is 32.8. The summed E-state index contributed by atoms with van der Waals surface area (Å²) in [6, 6.07) is 1.06. The molecule has 0 amide bonds. The highest BCUT2D eigenvalue weighted by Gasteiger charge is 2.19. The first-order valence-corrected chi connectivity index (χ1v) is 25.3. The molecule has 0 fully saturated rings. The Morgan fingerprint density at radius 2 is 0.409 bits per heavy atom. The normalized spacial score (nSPS) is 12.0. The minimum Gasteiger partial charge on any atom is -0.396 e. The van der Waals surface area contributed by atoms with Gasteiger partial charge in [0.25, 0.3) is 0 Å². The maximum Gasteiger partial charge on any atom is 0.248 e. The van der Waals surface area contributed by atoms with Crippen molar-refractivity contribution >= 4 is 28.9 Å². The van der Waals surface area contributed by atoms with Crippen LogP contribution in [0.15, 0.2) is 0 Å². The van der Waals surface area contributed by atoms with Crippen LogP contribution in [-0.4, -0.2) is 18.4 Å². The highest BCUT2D eigenvalue weighted by molar-refractivity contribution is 7.44. The minimum absolute atomic E-state index is 0.372. The number of aliphatic hydroxyl groups is 1. The molecule has 0 aromatic carbocycles. The maximum atomic E-state index is 8.80. The first-order chi connectivity index (χ1) is 21.6. The van der Waals surface area contributed by atoms with Crippen molar-refractivity contribution in [3.05, 3.63) is 0 Å². The third-order valence-corrected chi connectivity index (χ3v) is 12.1. The van der Waals surface area contributed by atoms with Gasteiger partial charge in [-0.25, -0.2) is 0 Å². The molecule has 0 unspecified atom stereocenters. The van der Waals surface area contributed by atoms with Crippen LogP contribution in [0.5, 0.6) is 0 Å². The quantitative estimate of drug-likeness (QED) is 0.0390. The number of aliphatic hydroxyl groups excluding tert-OH is 1. The standard InChI is InChI=1S/C40H82Cl2OSi/c1-44(41,42)40-38-36-34-32-30-28-26-24-22-20-18-16-14-12-10-8-6-4-2-3-5-7-9-11-13-15-17-19-21-23-25-27-29-31-33-35-37-39-43/h43H,2-40H2,1H3. The molecule has 0 heterocycles. The van der Waals surface area contributed by atoms with Crippen molar-refractivity contribution in [1.29, 1.82) is 0 Å². The first kappa shape index (κ1) is 44.8. The van der Waals surface area contributed by atoms with Crippen LogP contribution in [0.3, 0.4) is 0 Å². The number of hydrogen-bond donors (Lipinski definition) is 1. The summed E-state index contributed by atoms with van der Waals surface area (Å²) in [7, 11) is 0. The molecule has 0 spiro atoms. The van der Waals surface area contributed by atoms with Crippen LogP contribution in [0.2, 0.25) is 12.6 Å². The van der Waals surface area contributed by atoms with E-state index in [1.165, 1.54) is 231 Å². The summed E-state index contributed by atoms with van der Waals surface area (Å²) in [5.74, 6) is 0. The summed E-state index contributed by atoms with van der Waals surface area (Å²) in [5, 5.41) is 8.80. The summed E-state index contributed by atoms with van der Waals surface area (Å²) in [4.78, 5) is 0. The Bertz CT molecular complexity index is 510. The van der Waals surface area contributed by atoms with E-state index in [2.05, 4.69) is 0 Å². The van der Waals surface area contributed by atoms with Crippen LogP contribution < -0.4 is 0 Å². The number of rotatable bonds is 39. The predicted octanol–water partition coefficient (Wildman–Crippen LogP) is 16.0. The van der Waals surface area contributed by atoms with Crippen molar-refractivity contribution in [2.45, 2.75) is 250 Å². The molecule has 1 N–H and O–H groups in total. The molecule has 0 radical (unpaired) electrons. The van der Waals surface area contributed by atoms with Crippen LogP contribution >= 0.6 is 22.2 Å². The zero-order chi connectivity index (χ0) is 32.1. The van der Waals surface area contributed by atoms with E-state index in [1.807, 2.05) is 6.55 Å². The second-order valence-corrected chi connectivity index (χ2v) is 22.9. The second-order valence-electron chi connectivity index (χ2n) is 14.6. The molecule has 0 aliphatic carbocycles. The fraction of sp³-hybridized carbons (Fsp3) is 1.00. The van der Waals surface area contributed by atoms with Gasteiger partial charge in [-0.3, -0.25) is 0 Å². The summed E-state index contributed by atoms with van der Waals surface area (Å²) in [5.41, 5.74) is 0. The van der Waals surface area contributed by atoms with E-state index >= 15 is 0 Å². The van der Waals surface area contributed by atoms with Gasteiger partial charge in [-0.2, -0.15) is 0 Å². The van der Waals surface area contributed by atoms with Crippen LogP contribution in [0.25, 0.3) is 0 Å². The molecule has 0 rings (SSSR count). The topological polar surface area (TPSA) is 20.2 Å². The largest absolute Gasteiger partial charge is 0.396 e. The van der Waals surface area contributed by atoms with E-state index < -0.39 is 6.69 Å². The van der Waals surface area contributed by atoms with Crippen molar-refractivity contribution in [1.82, 2.24) is 0 Å². The third-order valence-electron chi connectivity index (χ3n) is 9.77. The van der Waals surface area contributed by atoms with Gasteiger partial charge < -0.3 is 5.11 Å². The number of unbranched alkanes of at least 4 members (excludes halogenated alkanes) is 36. The molecule has 0 saturated carbocycles. The van der Waals surface area contributed by atoms with Gasteiger partial charge in [0.2, 0.25) is 6.69 Å². The highest BCUT2D eigenvalue weighted by atomic mass is 35.7. The molecule has 0 aromatic rings. The predicted molar refractivity (Wildman–Crippen MR) is 206 cm³/mol. The monoisotopic (exact) mass is 677 g/mol. The molecular weight excluding hydrogens is 595 g/mol. The van der Waals surface area contributed by atoms with Gasteiger partial charge in [-0.05, 0) is 19.0 Å². The molecule has 1 nitrogen and oxygen atoms in total. The summed E-state index contributed by atoms with van der Waals surface area (Å²) in [6.07, 6.45) is 52.7. The lowest BCUT2D eigenvalue weighted by atomic mass is 10.0. The molecule has 0 atom stereocenters. The van der Waals surface area contributed by atoms with Crippen LogP contribution in [-0.2, 0) is 0 Å². The van der Waals surface area contributed by atoms with Crippen molar-refractivity contribution in [2.75, 3.05) is 6.61 Å². The molecule has 0 aromatic heterocycles. The van der Waals surface area contributed by atoms with Gasteiger partial charge in [-0.1, -0.05) is 231 Å². The Labute approximate surface area is 289 Å². The average molecular weight is 678 g/mol. The number of hydrogen-bond acceptors (Lipinski definition) is 1. The van der Waals surface area contributed by atoms with Gasteiger partial charge in [-0.15, -0.1) is 22.2 Å². The SMILES string of the molecule is C[Si](Cl)(Cl)CCCCCCCCCCCCCCCCCCCCCCCCCCCCCCCCCCCCCCCO. The molecule has 266 valence electrons. The van der Waals surface area contributed by atoms with Crippen molar-refractivity contribution in [3.8, 4) is 0 Å². The Morgan fingerprint density at radius 1 is 0.273 bits per heavy atom. The van der Waals surface area contributed by atoms with Crippen LogP contribution in [0.1, 0.15) is 238 Å². The van der Waals surface area contributed by atoms with Crippen molar-refractivity contribution < 1.29 is 5.11 Å². The Kier molecular flexibility index (Phi) is 38.9. The van der Waals surface area contributed by atoms with Gasteiger partial charge in [0.15, 0.2) is 0 Å². The minimum atomic E-state index is -1.84. The van der Waals surface area contributed by atoms with E-state index in [4.69, 9.17) is 27.3 Å². The van der Waals surface area contributed by atoms with Crippen molar-refractivity contribution in [3.63, 3.8) is 0 Å². The first-order valence-electron chi connectivity index (χ1n) is 20.5. The zero-order valence-electron chi connectivity index (χ0n) is 30.3. The highest BCUT2D eigenvalue weighted by Crippen LogP contribution is 2.23. The van der Waals surface area contributed by atoms with E-state index in [0.717, 1.165) is 12.5 Å². The molecule has 4 heteroatoms. The molecule has 0 aliphatic heterocycles. The number of halogens is 2. The molecular formula is C40H82Cl2OSi. The molecule has 44 heavy (non-hydrogen) atoms. The van der Waals surface area contributed by atoms with Gasteiger partial charge in [0.1, 0.15) is 0 Å². The van der Waals surface area contributed by atoms with Gasteiger partial charge >= 0.3 is 0 Å². The van der Waals surface area contributed by atoms with E-state index in [0.29, 0.717) is 6.61 Å². The average Bonchev–Trinajstić information content (AvgIpc) is 3.00. The summed E-state index contributed by atoms with van der Waals surface area (Å²) in [6.45, 7) is 0.569. The summed E-state index contributed by atoms with van der Waals surface area (Å²) >= 11 is 12.3. The Hall–Kier alpha value is 0.757. The van der Waals surface area contributed by atoms with Gasteiger partial charge in [0.05, 0.1) is 0 Å².